The molecule has 0 saturated heterocycles. The molecule has 0 saturated carbocycles. The fraction of sp³-hybridized carbons (Fsp3) is 0.211. The number of benzene rings is 2. The first-order valence-electron chi connectivity index (χ1n) is 8.24. The van der Waals surface area contributed by atoms with Gasteiger partial charge in [-0.1, -0.05) is 18.2 Å². The highest BCUT2D eigenvalue weighted by Crippen LogP contribution is 2.34. The van der Waals surface area contributed by atoms with E-state index < -0.39 is 10.0 Å². The van der Waals surface area contributed by atoms with E-state index in [1.165, 1.54) is 34.0 Å². The van der Waals surface area contributed by atoms with Crippen molar-refractivity contribution in [2.24, 2.45) is 0 Å². The van der Waals surface area contributed by atoms with Gasteiger partial charge in [-0.25, -0.2) is 17.8 Å². The van der Waals surface area contributed by atoms with Crippen molar-refractivity contribution in [3.8, 4) is 21.8 Å². The van der Waals surface area contributed by atoms with Gasteiger partial charge < -0.3 is 0 Å². The summed E-state index contributed by atoms with van der Waals surface area (Å²) in [6.45, 7) is 0.519. The Morgan fingerprint density at radius 2 is 2.00 bits per heavy atom. The van der Waals surface area contributed by atoms with Gasteiger partial charge in [0.1, 0.15) is 10.8 Å². The Hall–Kier alpha value is -2.25. The van der Waals surface area contributed by atoms with E-state index >= 15 is 0 Å². The van der Waals surface area contributed by atoms with E-state index in [0.29, 0.717) is 6.54 Å². The molecular weight excluding hydrogens is 371 g/mol. The van der Waals surface area contributed by atoms with Crippen molar-refractivity contribution in [1.82, 2.24) is 4.98 Å². The fourth-order valence-electron chi connectivity index (χ4n) is 3.23. The number of aryl methyl sites for hydroxylation is 1. The first kappa shape index (κ1) is 17.2. The van der Waals surface area contributed by atoms with Crippen LogP contribution in [0.1, 0.15) is 12.0 Å². The molecule has 2 heterocycles. The number of anilines is 1. The molecule has 4 rings (SSSR count). The van der Waals surface area contributed by atoms with Crippen molar-refractivity contribution in [3.05, 3.63) is 59.2 Å². The summed E-state index contributed by atoms with van der Waals surface area (Å²) < 4.78 is 38.8. The van der Waals surface area contributed by atoms with Gasteiger partial charge in [-0.15, -0.1) is 11.3 Å². The largest absolute Gasteiger partial charge is 0.270 e. The molecule has 26 heavy (non-hydrogen) atoms. The summed E-state index contributed by atoms with van der Waals surface area (Å²) in [4.78, 5) is 4.63. The zero-order valence-corrected chi connectivity index (χ0v) is 15.8. The van der Waals surface area contributed by atoms with E-state index in [-0.39, 0.29) is 5.82 Å². The van der Waals surface area contributed by atoms with Crippen LogP contribution in [-0.4, -0.2) is 26.2 Å². The standard InChI is InChI=1S/C19H17FN2O2S2/c1-26(23,24)22-9-3-5-14-10-13(7-8-18(14)22)17-12-25-19(21-17)15-4-2-6-16(20)11-15/h2,4,6-8,10-12H,3,5,9H2,1H3. The molecule has 2 aromatic carbocycles. The minimum absolute atomic E-state index is 0.283. The summed E-state index contributed by atoms with van der Waals surface area (Å²) in [6, 6.07) is 12.2. The average Bonchev–Trinajstić information content (AvgIpc) is 3.10. The van der Waals surface area contributed by atoms with Crippen LogP contribution in [0.5, 0.6) is 0 Å². The minimum atomic E-state index is -3.27. The highest BCUT2D eigenvalue weighted by atomic mass is 32.2. The number of fused-ring (bicyclic) bond motifs is 1. The summed E-state index contributed by atoms with van der Waals surface area (Å²) in [5, 5.41) is 2.70. The molecule has 1 aromatic heterocycles. The summed E-state index contributed by atoms with van der Waals surface area (Å²) in [7, 11) is -3.27. The number of nitrogens with zero attached hydrogens (tertiary/aromatic N) is 2. The van der Waals surface area contributed by atoms with Gasteiger partial charge in [-0.05, 0) is 42.7 Å². The van der Waals surface area contributed by atoms with E-state index in [1.807, 2.05) is 29.6 Å². The SMILES string of the molecule is CS(=O)(=O)N1CCCc2cc(-c3csc(-c4cccc(F)c4)n3)ccc21. The molecule has 0 radical (unpaired) electrons. The Bertz CT molecular complexity index is 1080. The number of thiazole rings is 1. The second kappa shape index (κ2) is 6.48. The lowest BCUT2D eigenvalue weighted by Crippen LogP contribution is -2.34. The van der Waals surface area contributed by atoms with Crippen LogP contribution in [0.4, 0.5) is 10.1 Å². The van der Waals surface area contributed by atoms with Gasteiger partial charge in [0.25, 0.3) is 0 Å². The molecule has 3 aromatic rings. The molecule has 0 fully saturated rings. The van der Waals surface area contributed by atoms with Crippen LogP contribution < -0.4 is 4.31 Å². The molecule has 0 aliphatic carbocycles. The molecule has 0 amide bonds. The third kappa shape index (κ3) is 3.24. The van der Waals surface area contributed by atoms with Crippen molar-refractivity contribution in [3.63, 3.8) is 0 Å². The molecule has 0 unspecified atom stereocenters. The summed E-state index contributed by atoms with van der Waals surface area (Å²) >= 11 is 1.46. The highest BCUT2D eigenvalue weighted by molar-refractivity contribution is 7.92. The third-order valence-electron chi connectivity index (χ3n) is 4.43. The smallest absolute Gasteiger partial charge is 0.232 e. The lowest BCUT2D eigenvalue weighted by molar-refractivity contribution is 0.592. The van der Waals surface area contributed by atoms with Crippen molar-refractivity contribution in [2.75, 3.05) is 17.1 Å². The van der Waals surface area contributed by atoms with Gasteiger partial charge >= 0.3 is 0 Å². The van der Waals surface area contributed by atoms with Crippen LogP contribution in [0.25, 0.3) is 21.8 Å². The predicted molar refractivity (Wildman–Crippen MR) is 103 cm³/mol. The van der Waals surface area contributed by atoms with E-state index in [4.69, 9.17) is 0 Å². The van der Waals surface area contributed by atoms with E-state index in [0.717, 1.165) is 45.9 Å². The number of hydrogen-bond acceptors (Lipinski definition) is 4. The lowest BCUT2D eigenvalue weighted by atomic mass is 10.00. The number of rotatable bonds is 3. The Morgan fingerprint density at radius 1 is 1.15 bits per heavy atom. The van der Waals surface area contributed by atoms with Crippen LogP contribution in [0.3, 0.4) is 0 Å². The molecule has 7 heteroatoms. The number of sulfonamides is 1. The number of halogens is 1. The quantitative estimate of drug-likeness (QED) is 0.671. The lowest BCUT2D eigenvalue weighted by Gasteiger charge is -2.29. The topological polar surface area (TPSA) is 50.3 Å². The maximum absolute atomic E-state index is 13.4. The van der Waals surface area contributed by atoms with Gasteiger partial charge in [0.2, 0.25) is 10.0 Å². The fourth-order valence-corrected chi connectivity index (χ4v) is 5.05. The van der Waals surface area contributed by atoms with E-state index in [9.17, 15) is 12.8 Å². The minimum Gasteiger partial charge on any atom is -0.270 e. The Balaban J connectivity index is 1.70. The van der Waals surface area contributed by atoms with Crippen molar-refractivity contribution in [1.29, 1.82) is 0 Å². The molecule has 0 bridgehead atoms. The predicted octanol–water partition coefficient (Wildman–Crippen LogP) is 4.33. The molecule has 1 aliphatic heterocycles. The first-order chi connectivity index (χ1) is 12.4. The van der Waals surface area contributed by atoms with Gasteiger partial charge in [-0.2, -0.15) is 0 Å². The van der Waals surface area contributed by atoms with Crippen LogP contribution >= 0.6 is 11.3 Å². The Kier molecular flexibility index (Phi) is 4.28. The van der Waals surface area contributed by atoms with E-state index in [1.54, 1.807) is 6.07 Å². The van der Waals surface area contributed by atoms with Gasteiger partial charge in [0.15, 0.2) is 0 Å². The second-order valence-corrected chi connectivity index (χ2v) is 9.10. The Morgan fingerprint density at radius 3 is 2.77 bits per heavy atom. The van der Waals surface area contributed by atoms with Gasteiger partial charge in [0, 0.05) is 23.1 Å². The molecule has 0 spiro atoms. The molecule has 0 atom stereocenters. The summed E-state index contributed by atoms with van der Waals surface area (Å²) in [5.74, 6) is -0.283. The van der Waals surface area contributed by atoms with Crippen LogP contribution in [-0.2, 0) is 16.4 Å². The molecule has 4 nitrogen and oxygen atoms in total. The highest BCUT2D eigenvalue weighted by Gasteiger charge is 2.24. The van der Waals surface area contributed by atoms with Crippen molar-refractivity contribution < 1.29 is 12.8 Å². The molecule has 134 valence electrons. The number of aromatic nitrogens is 1. The maximum Gasteiger partial charge on any atom is 0.232 e. The summed E-state index contributed by atoms with van der Waals surface area (Å²) in [5.41, 5.74) is 4.27. The molecule has 1 aliphatic rings. The van der Waals surface area contributed by atoms with Crippen molar-refractivity contribution in [2.45, 2.75) is 12.8 Å². The average molecular weight is 388 g/mol. The number of hydrogen-bond donors (Lipinski definition) is 0. The molecular formula is C19H17FN2O2S2. The summed E-state index contributed by atoms with van der Waals surface area (Å²) in [6.07, 6.45) is 2.88. The van der Waals surface area contributed by atoms with Gasteiger partial charge in [-0.3, -0.25) is 4.31 Å². The first-order valence-corrected chi connectivity index (χ1v) is 11.0. The van der Waals surface area contributed by atoms with Crippen molar-refractivity contribution >= 4 is 27.0 Å². The monoisotopic (exact) mass is 388 g/mol. The van der Waals surface area contributed by atoms with E-state index in [2.05, 4.69) is 4.98 Å². The second-order valence-electron chi connectivity index (χ2n) is 6.33. The zero-order valence-electron chi connectivity index (χ0n) is 14.1. The maximum atomic E-state index is 13.4. The molecule has 0 N–H and O–H groups in total. The normalized spacial score (nSPS) is 14.3. The van der Waals surface area contributed by atoms with Gasteiger partial charge in [0.05, 0.1) is 17.6 Å². The van der Waals surface area contributed by atoms with Crippen LogP contribution in [0, 0.1) is 5.82 Å². The third-order valence-corrected chi connectivity index (χ3v) is 6.50. The van der Waals surface area contributed by atoms with Crippen LogP contribution in [0.2, 0.25) is 0 Å². The Labute approximate surface area is 156 Å². The van der Waals surface area contributed by atoms with Crippen LogP contribution in [0.15, 0.2) is 47.8 Å². The zero-order chi connectivity index (χ0) is 18.3.